The Hall–Kier alpha value is -0.830. The monoisotopic (exact) mass is 185 g/mol. The van der Waals surface area contributed by atoms with Gasteiger partial charge in [0.05, 0.1) is 7.11 Å². The van der Waals surface area contributed by atoms with Crippen LogP contribution in [0.2, 0.25) is 0 Å². The predicted molar refractivity (Wildman–Crippen MR) is 53.0 cm³/mol. The molecule has 1 atom stereocenters. The summed E-state index contributed by atoms with van der Waals surface area (Å²) in [5.74, 6) is 0.546. The van der Waals surface area contributed by atoms with Gasteiger partial charge in [0, 0.05) is 13.5 Å². The first-order valence-electron chi connectivity index (χ1n) is 4.53. The molecule has 13 heavy (non-hydrogen) atoms. The molecule has 0 fully saturated rings. The fourth-order valence-corrected chi connectivity index (χ4v) is 1.03. The Kier molecular flexibility index (Phi) is 6.24. The van der Waals surface area contributed by atoms with E-state index in [0.717, 1.165) is 12.8 Å². The van der Waals surface area contributed by atoms with E-state index in [9.17, 15) is 4.79 Å². The number of carbonyl (C=O) groups excluding carboxylic acids is 1. The highest BCUT2D eigenvalue weighted by atomic mass is 16.7. The quantitative estimate of drug-likeness (QED) is 0.468. The van der Waals surface area contributed by atoms with E-state index in [-0.39, 0.29) is 5.91 Å². The van der Waals surface area contributed by atoms with E-state index in [1.165, 1.54) is 12.2 Å². The number of carbonyl (C=O) groups is 1. The highest BCUT2D eigenvalue weighted by Gasteiger charge is 2.09. The van der Waals surface area contributed by atoms with Crippen molar-refractivity contribution >= 4 is 5.91 Å². The molecule has 0 spiro atoms. The van der Waals surface area contributed by atoms with E-state index < -0.39 is 0 Å². The van der Waals surface area contributed by atoms with Gasteiger partial charge in [-0.05, 0) is 18.8 Å². The van der Waals surface area contributed by atoms with Crippen LogP contribution in [0.1, 0.15) is 26.2 Å². The smallest absolute Gasteiger partial charge is 0.245 e. The Balaban J connectivity index is 3.62. The molecule has 3 nitrogen and oxygen atoms in total. The molecule has 0 saturated carbocycles. The Morgan fingerprint density at radius 1 is 1.69 bits per heavy atom. The molecule has 0 aromatic rings. The average Bonchev–Trinajstić information content (AvgIpc) is 2.13. The summed E-state index contributed by atoms with van der Waals surface area (Å²) in [6.07, 6.45) is 4.27. The first-order chi connectivity index (χ1) is 6.11. The zero-order valence-corrected chi connectivity index (χ0v) is 8.75. The lowest BCUT2D eigenvalue weighted by Crippen LogP contribution is -2.25. The molecular weight excluding hydrogens is 166 g/mol. The fourth-order valence-electron chi connectivity index (χ4n) is 1.03. The number of rotatable bonds is 6. The van der Waals surface area contributed by atoms with Crippen LogP contribution in [0.25, 0.3) is 0 Å². The van der Waals surface area contributed by atoms with Crippen LogP contribution in [-0.4, -0.2) is 25.1 Å². The van der Waals surface area contributed by atoms with Crippen LogP contribution in [0.5, 0.6) is 0 Å². The summed E-state index contributed by atoms with van der Waals surface area (Å²) in [5.41, 5.74) is 0. The summed E-state index contributed by atoms with van der Waals surface area (Å²) < 4.78 is 0. The number of amides is 1. The maximum absolute atomic E-state index is 11.3. The Bertz CT molecular complexity index is 168. The molecule has 0 heterocycles. The summed E-state index contributed by atoms with van der Waals surface area (Å²) in [7, 11) is 3.12. The van der Waals surface area contributed by atoms with Crippen molar-refractivity contribution in [2.75, 3.05) is 14.2 Å². The van der Waals surface area contributed by atoms with Gasteiger partial charge in [-0.2, -0.15) is 0 Å². The van der Waals surface area contributed by atoms with E-state index >= 15 is 0 Å². The number of allylic oxidation sites excluding steroid dienone is 1. The highest BCUT2D eigenvalue weighted by Crippen LogP contribution is 2.11. The molecule has 0 bridgehead atoms. The minimum atomic E-state index is 0.0263. The SMILES string of the molecule is C=CC[C@@H](C)CCC(=O)N(C)OC. The van der Waals surface area contributed by atoms with E-state index in [1.807, 2.05) is 6.08 Å². The predicted octanol–water partition coefficient (Wildman–Crippen LogP) is 2.00. The molecule has 3 heteroatoms. The Morgan fingerprint density at radius 2 is 2.31 bits per heavy atom. The zero-order valence-electron chi connectivity index (χ0n) is 8.75. The summed E-state index contributed by atoms with van der Waals surface area (Å²) in [6, 6.07) is 0. The van der Waals surface area contributed by atoms with E-state index in [1.54, 1.807) is 7.05 Å². The van der Waals surface area contributed by atoms with Crippen LogP contribution in [-0.2, 0) is 9.63 Å². The van der Waals surface area contributed by atoms with Gasteiger partial charge < -0.3 is 0 Å². The zero-order chi connectivity index (χ0) is 10.3. The normalized spacial score (nSPS) is 12.2. The van der Waals surface area contributed by atoms with Gasteiger partial charge in [-0.3, -0.25) is 9.63 Å². The van der Waals surface area contributed by atoms with Crippen LogP contribution in [0.3, 0.4) is 0 Å². The van der Waals surface area contributed by atoms with Crippen LogP contribution in [0.4, 0.5) is 0 Å². The Labute approximate surface area is 80.3 Å². The van der Waals surface area contributed by atoms with Gasteiger partial charge in [0.2, 0.25) is 5.91 Å². The van der Waals surface area contributed by atoms with Gasteiger partial charge >= 0.3 is 0 Å². The second-order valence-corrected chi connectivity index (χ2v) is 3.24. The number of hydrogen-bond acceptors (Lipinski definition) is 2. The van der Waals surface area contributed by atoms with E-state index in [4.69, 9.17) is 4.84 Å². The van der Waals surface area contributed by atoms with Gasteiger partial charge in [0.25, 0.3) is 0 Å². The van der Waals surface area contributed by atoms with Gasteiger partial charge in [-0.1, -0.05) is 13.0 Å². The summed E-state index contributed by atoms with van der Waals surface area (Å²) in [5, 5.41) is 1.26. The second kappa shape index (κ2) is 6.66. The van der Waals surface area contributed by atoms with Crippen LogP contribution >= 0.6 is 0 Å². The van der Waals surface area contributed by atoms with Crippen LogP contribution in [0, 0.1) is 5.92 Å². The minimum Gasteiger partial charge on any atom is -0.275 e. The third kappa shape index (κ3) is 5.42. The lowest BCUT2D eigenvalue weighted by molar-refractivity contribution is -0.168. The lowest BCUT2D eigenvalue weighted by Gasteiger charge is -2.14. The van der Waals surface area contributed by atoms with Crippen molar-refractivity contribution in [3.8, 4) is 0 Å². The fraction of sp³-hybridized carbons (Fsp3) is 0.700. The molecule has 0 aliphatic rings. The number of hydrogen-bond donors (Lipinski definition) is 0. The molecule has 0 saturated heterocycles. The number of nitrogens with zero attached hydrogens (tertiary/aromatic N) is 1. The summed E-state index contributed by atoms with van der Waals surface area (Å²) in [4.78, 5) is 16.0. The maximum atomic E-state index is 11.3. The molecule has 0 aromatic carbocycles. The van der Waals surface area contributed by atoms with Crippen molar-refractivity contribution < 1.29 is 9.63 Å². The van der Waals surface area contributed by atoms with Crippen molar-refractivity contribution in [3.05, 3.63) is 12.7 Å². The van der Waals surface area contributed by atoms with Gasteiger partial charge in [-0.25, -0.2) is 5.06 Å². The second-order valence-electron chi connectivity index (χ2n) is 3.24. The van der Waals surface area contributed by atoms with Crippen LogP contribution in [0.15, 0.2) is 12.7 Å². The molecule has 0 aromatic heterocycles. The molecule has 0 rings (SSSR count). The van der Waals surface area contributed by atoms with Gasteiger partial charge in [0.1, 0.15) is 0 Å². The molecule has 0 N–H and O–H groups in total. The Morgan fingerprint density at radius 3 is 2.77 bits per heavy atom. The molecular formula is C10H19NO2. The third-order valence-electron chi connectivity index (χ3n) is 2.05. The third-order valence-corrected chi connectivity index (χ3v) is 2.05. The minimum absolute atomic E-state index is 0.0263. The highest BCUT2D eigenvalue weighted by molar-refractivity contribution is 5.74. The molecule has 0 aliphatic carbocycles. The largest absolute Gasteiger partial charge is 0.275 e. The molecule has 0 unspecified atom stereocenters. The number of hydroxylamine groups is 2. The van der Waals surface area contributed by atoms with Crippen molar-refractivity contribution in [2.24, 2.45) is 5.92 Å². The van der Waals surface area contributed by atoms with E-state index in [0.29, 0.717) is 12.3 Å². The first kappa shape index (κ1) is 12.2. The van der Waals surface area contributed by atoms with Gasteiger partial charge in [-0.15, -0.1) is 6.58 Å². The van der Waals surface area contributed by atoms with Crippen molar-refractivity contribution in [1.82, 2.24) is 5.06 Å². The maximum Gasteiger partial charge on any atom is 0.245 e. The van der Waals surface area contributed by atoms with Crippen molar-refractivity contribution in [2.45, 2.75) is 26.2 Å². The van der Waals surface area contributed by atoms with Crippen LogP contribution < -0.4 is 0 Å². The standard InChI is InChI=1S/C10H19NO2/c1-5-6-9(2)7-8-10(12)11(3)13-4/h5,9H,1,6-8H2,2-4H3/t9-/m1/s1. The molecule has 1 amide bonds. The summed E-state index contributed by atoms with van der Waals surface area (Å²) >= 11 is 0. The topological polar surface area (TPSA) is 29.5 Å². The van der Waals surface area contributed by atoms with E-state index in [2.05, 4.69) is 13.5 Å². The molecule has 0 aliphatic heterocycles. The lowest BCUT2D eigenvalue weighted by atomic mass is 10.0. The summed E-state index contributed by atoms with van der Waals surface area (Å²) in [6.45, 7) is 5.77. The molecule has 76 valence electrons. The molecule has 0 radical (unpaired) electrons. The average molecular weight is 185 g/mol. The van der Waals surface area contributed by atoms with Crippen molar-refractivity contribution in [1.29, 1.82) is 0 Å². The first-order valence-corrected chi connectivity index (χ1v) is 4.53. The van der Waals surface area contributed by atoms with Gasteiger partial charge in [0.15, 0.2) is 0 Å². The van der Waals surface area contributed by atoms with Crippen molar-refractivity contribution in [3.63, 3.8) is 0 Å².